The molecule has 0 aliphatic carbocycles. The van der Waals surface area contributed by atoms with Crippen molar-refractivity contribution in [2.24, 2.45) is 0 Å². The van der Waals surface area contributed by atoms with E-state index in [0.717, 1.165) is 47.1 Å². The fraction of sp³-hybridized carbons (Fsp3) is 0.600. The Hall–Kier alpha value is -0.990. The normalized spacial score (nSPS) is 21.7. The predicted octanol–water partition coefficient (Wildman–Crippen LogP) is 1.75. The van der Waals surface area contributed by atoms with Crippen LogP contribution in [-0.2, 0) is 10.3 Å². The van der Waals surface area contributed by atoms with Crippen LogP contribution in [0.15, 0.2) is 6.07 Å². The zero-order chi connectivity index (χ0) is 15.9. The number of aromatic nitrogens is 2. The maximum absolute atomic E-state index is 11.0. The molecule has 23 heavy (non-hydrogen) atoms. The lowest BCUT2D eigenvalue weighted by molar-refractivity contribution is 0.00950. The van der Waals surface area contributed by atoms with Crippen molar-refractivity contribution in [1.29, 1.82) is 0 Å². The van der Waals surface area contributed by atoms with Crippen molar-refractivity contribution in [2.45, 2.75) is 18.4 Å². The van der Waals surface area contributed by atoms with Gasteiger partial charge in [0.25, 0.3) is 0 Å². The van der Waals surface area contributed by atoms with E-state index >= 15 is 0 Å². The highest BCUT2D eigenvalue weighted by Gasteiger charge is 2.34. The molecule has 6 nitrogen and oxygen atoms in total. The first kappa shape index (κ1) is 15.5. The summed E-state index contributed by atoms with van der Waals surface area (Å²) in [6.45, 7) is 4.63. The van der Waals surface area contributed by atoms with E-state index in [0.29, 0.717) is 26.1 Å². The Morgan fingerprint density at radius 2 is 2.00 bits per heavy atom. The van der Waals surface area contributed by atoms with Gasteiger partial charge >= 0.3 is 0 Å². The number of morpholine rings is 1. The summed E-state index contributed by atoms with van der Waals surface area (Å²) in [5.41, 5.74) is 0.0456. The molecule has 2 aromatic rings. The maximum atomic E-state index is 11.0. The lowest BCUT2D eigenvalue weighted by Crippen LogP contribution is -2.39. The Labute approximate surface area is 143 Å². The highest BCUT2D eigenvalue weighted by Crippen LogP contribution is 2.41. The van der Waals surface area contributed by atoms with Gasteiger partial charge in [-0.3, -0.25) is 0 Å². The van der Waals surface area contributed by atoms with E-state index < -0.39 is 5.60 Å². The SMILES string of the molecule is OC1(c2cc3nc(Cl)nc(N4CCOCC4)c3s2)CCNCC1. The van der Waals surface area contributed by atoms with Gasteiger partial charge in [0.2, 0.25) is 5.28 Å². The third kappa shape index (κ3) is 2.92. The molecule has 2 aromatic heterocycles. The number of nitrogens with one attached hydrogen (secondary N) is 1. The summed E-state index contributed by atoms with van der Waals surface area (Å²) < 4.78 is 6.42. The van der Waals surface area contributed by atoms with Crippen LogP contribution in [0, 0.1) is 0 Å². The van der Waals surface area contributed by atoms with Crippen molar-refractivity contribution in [2.75, 3.05) is 44.3 Å². The predicted molar refractivity (Wildman–Crippen MR) is 91.5 cm³/mol. The Morgan fingerprint density at radius 1 is 1.26 bits per heavy atom. The number of nitrogens with zero attached hydrogens (tertiary/aromatic N) is 3. The summed E-state index contributed by atoms with van der Waals surface area (Å²) in [5, 5.41) is 14.5. The van der Waals surface area contributed by atoms with Crippen molar-refractivity contribution >= 4 is 39.0 Å². The Balaban J connectivity index is 1.78. The number of halogens is 1. The van der Waals surface area contributed by atoms with Crippen molar-refractivity contribution in [1.82, 2.24) is 15.3 Å². The molecule has 4 rings (SSSR count). The maximum Gasteiger partial charge on any atom is 0.224 e. The van der Waals surface area contributed by atoms with Crippen LogP contribution < -0.4 is 10.2 Å². The molecule has 8 heteroatoms. The zero-order valence-corrected chi connectivity index (χ0v) is 14.3. The van der Waals surface area contributed by atoms with Gasteiger partial charge in [0.1, 0.15) is 5.60 Å². The van der Waals surface area contributed by atoms with E-state index in [1.54, 1.807) is 11.3 Å². The number of thiophene rings is 1. The Morgan fingerprint density at radius 3 is 2.74 bits per heavy atom. The first-order chi connectivity index (χ1) is 11.2. The van der Waals surface area contributed by atoms with Gasteiger partial charge in [-0.1, -0.05) is 0 Å². The number of piperidine rings is 1. The molecule has 0 spiro atoms. The fourth-order valence-corrected chi connectivity index (χ4v) is 4.62. The van der Waals surface area contributed by atoms with Gasteiger partial charge in [0, 0.05) is 18.0 Å². The minimum atomic E-state index is -0.772. The molecule has 2 saturated heterocycles. The van der Waals surface area contributed by atoms with Gasteiger partial charge < -0.3 is 20.1 Å². The monoisotopic (exact) mass is 354 g/mol. The van der Waals surface area contributed by atoms with Gasteiger partial charge in [-0.2, -0.15) is 4.98 Å². The van der Waals surface area contributed by atoms with E-state index in [2.05, 4.69) is 20.2 Å². The number of rotatable bonds is 2. The van der Waals surface area contributed by atoms with Crippen LogP contribution in [0.25, 0.3) is 10.2 Å². The molecule has 0 atom stereocenters. The molecule has 0 bridgehead atoms. The third-order valence-corrected chi connectivity index (χ3v) is 6.01. The summed E-state index contributed by atoms with van der Waals surface area (Å²) in [7, 11) is 0. The van der Waals surface area contributed by atoms with E-state index in [1.807, 2.05) is 6.07 Å². The van der Waals surface area contributed by atoms with Gasteiger partial charge in [-0.15, -0.1) is 11.3 Å². The molecule has 4 heterocycles. The lowest BCUT2D eigenvalue weighted by Gasteiger charge is -2.31. The first-order valence-corrected chi connectivity index (χ1v) is 9.08. The van der Waals surface area contributed by atoms with Crippen molar-refractivity contribution in [3.8, 4) is 0 Å². The van der Waals surface area contributed by atoms with Crippen LogP contribution in [0.4, 0.5) is 5.82 Å². The van der Waals surface area contributed by atoms with Crippen molar-refractivity contribution < 1.29 is 9.84 Å². The molecule has 0 aromatic carbocycles. The Bertz CT molecular complexity index is 711. The average molecular weight is 355 g/mol. The van der Waals surface area contributed by atoms with Crippen LogP contribution in [0.5, 0.6) is 0 Å². The molecule has 2 aliphatic heterocycles. The number of hydrogen-bond donors (Lipinski definition) is 2. The van der Waals surface area contributed by atoms with E-state index in [1.165, 1.54) is 0 Å². The van der Waals surface area contributed by atoms with Crippen molar-refractivity contribution in [3.05, 3.63) is 16.2 Å². The second-order valence-corrected chi connectivity index (χ2v) is 7.41. The second-order valence-electron chi connectivity index (χ2n) is 6.02. The highest BCUT2D eigenvalue weighted by molar-refractivity contribution is 7.19. The fourth-order valence-electron chi connectivity index (χ4n) is 3.19. The van der Waals surface area contributed by atoms with Crippen LogP contribution in [0.3, 0.4) is 0 Å². The summed E-state index contributed by atoms with van der Waals surface area (Å²) in [6.07, 6.45) is 1.43. The molecule has 0 saturated carbocycles. The minimum absolute atomic E-state index is 0.251. The molecule has 2 N–H and O–H groups in total. The van der Waals surface area contributed by atoms with Crippen LogP contribution in [0.2, 0.25) is 5.28 Å². The molecule has 124 valence electrons. The van der Waals surface area contributed by atoms with E-state index in [4.69, 9.17) is 16.3 Å². The Kier molecular flexibility index (Phi) is 4.15. The largest absolute Gasteiger partial charge is 0.384 e. The smallest absolute Gasteiger partial charge is 0.224 e. The molecule has 0 amide bonds. The second kappa shape index (κ2) is 6.14. The molecular formula is C15H19ClN4O2S. The van der Waals surface area contributed by atoms with Crippen LogP contribution in [0.1, 0.15) is 17.7 Å². The number of hydrogen-bond acceptors (Lipinski definition) is 7. The summed E-state index contributed by atoms with van der Waals surface area (Å²) in [6, 6.07) is 1.98. The average Bonchev–Trinajstić information content (AvgIpc) is 3.00. The van der Waals surface area contributed by atoms with Gasteiger partial charge in [0.05, 0.1) is 23.4 Å². The number of anilines is 1. The standard InChI is InChI=1S/C15H19ClN4O2S/c16-14-18-10-9-11(15(21)1-3-17-4-2-15)23-12(10)13(19-14)20-5-7-22-8-6-20/h9,17,21H,1-8H2. The quantitative estimate of drug-likeness (QED) is 0.801. The number of ether oxygens (including phenoxy) is 1. The molecule has 2 aliphatic rings. The van der Waals surface area contributed by atoms with Gasteiger partial charge in [-0.05, 0) is 43.6 Å². The molecule has 0 unspecified atom stereocenters. The highest BCUT2D eigenvalue weighted by atomic mass is 35.5. The topological polar surface area (TPSA) is 70.5 Å². The minimum Gasteiger partial charge on any atom is -0.384 e. The van der Waals surface area contributed by atoms with Crippen LogP contribution >= 0.6 is 22.9 Å². The summed E-state index contributed by atoms with van der Waals surface area (Å²) in [5.74, 6) is 0.858. The van der Waals surface area contributed by atoms with Crippen LogP contribution in [-0.4, -0.2) is 54.5 Å². The molecule has 0 radical (unpaired) electrons. The first-order valence-electron chi connectivity index (χ1n) is 7.89. The number of fused-ring (bicyclic) bond motifs is 1. The van der Waals surface area contributed by atoms with E-state index in [-0.39, 0.29) is 5.28 Å². The van der Waals surface area contributed by atoms with Gasteiger partial charge in [-0.25, -0.2) is 4.98 Å². The van der Waals surface area contributed by atoms with Gasteiger partial charge in [0.15, 0.2) is 5.82 Å². The summed E-state index contributed by atoms with van der Waals surface area (Å²) >= 11 is 7.71. The van der Waals surface area contributed by atoms with Crippen molar-refractivity contribution in [3.63, 3.8) is 0 Å². The molecule has 2 fully saturated rings. The zero-order valence-electron chi connectivity index (χ0n) is 12.7. The summed E-state index contributed by atoms with van der Waals surface area (Å²) in [4.78, 5) is 12.0. The number of aliphatic hydroxyl groups is 1. The lowest BCUT2D eigenvalue weighted by atomic mass is 9.91. The molecular weight excluding hydrogens is 336 g/mol. The third-order valence-electron chi connectivity index (χ3n) is 4.53. The van der Waals surface area contributed by atoms with E-state index in [9.17, 15) is 5.11 Å².